The maximum absolute atomic E-state index is 14.0. The van der Waals surface area contributed by atoms with E-state index in [1.807, 2.05) is 32.1 Å². The van der Waals surface area contributed by atoms with Gasteiger partial charge in [-0.2, -0.15) is 0 Å². The summed E-state index contributed by atoms with van der Waals surface area (Å²) >= 11 is 5.97. The van der Waals surface area contributed by atoms with Crippen LogP contribution in [0.25, 0.3) is 5.57 Å². The third kappa shape index (κ3) is 5.79. The molecular weight excluding hydrogens is 439 g/mol. The van der Waals surface area contributed by atoms with Gasteiger partial charge in [0.2, 0.25) is 0 Å². The largest absolute Gasteiger partial charge is 0.308 e. The summed E-state index contributed by atoms with van der Waals surface area (Å²) in [6.07, 6.45) is 8.53. The van der Waals surface area contributed by atoms with Gasteiger partial charge in [0.25, 0.3) is 0 Å². The van der Waals surface area contributed by atoms with Crippen LogP contribution in [-0.2, 0) is 19.5 Å². The van der Waals surface area contributed by atoms with Gasteiger partial charge in [-0.25, -0.2) is 20.2 Å². The van der Waals surface area contributed by atoms with Crippen molar-refractivity contribution in [2.75, 3.05) is 25.1 Å². The number of hydrogen-bond donors (Lipinski definition) is 2. The number of fused-ring (bicyclic) bond motifs is 1. The average Bonchev–Trinajstić information content (AvgIpc) is 2.83. The van der Waals surface area contributed by atoms with Gasteiger partial charge < -0.3 is 5.43 Å². The van der Waals surface area contributed by atoms with Crippen LogP contribution < -0.4 is 11.3 Å². The van der Waals surface area contributed by atoms with E-state index in [9.17, 15) is 4.39 Å². The van der Waals surface area contributed by atoms with Crippen LogP contribution in [0.4, 0.5) is 10.2 Å². The number of nitrogens with two attached hydrogens (primary N) is 1. The quantitative estimate of drug-likeness (QED) is 0.369. The number of piperidine rings is 1. The Kier molecular flexibility index (Phi) is 7.75. The Bertz CT molecular complexity index is 1040. The summed E-state index contributed by atoms with van der Waals surface area (Å²) in [7, 11) is 0. The number of aromatic nitrogens is 2. The van der Waals surface area contributed by atoms with Crippen molar-refractivity contribution in [2.45, 2.75) is 52.2 Å². The molecule has 2 aromatic rings. The minimum Gasteiger partial charge on any atom is -0.308 e. The average molecular weight is 471 g/mol. The molecule has 0 spiro atoms. The first-order chi connectivity index (χ1) is 15.9. The van der Waals surface area contributed by atoms with Crippen molar-refractivity contribution in [3.05, 3.63) is 69.9 Å². The number of anilines is 1. The highest BCUT2D eigenvalue weighted by molar-refractivity contribution is 6.29. The fourth-order valence-electron chi connectivity index (χ4n) is 4.88. The minimum atomic E-state index is -0.214. The van der Waals surface area contributed by atoms with Crippen LogP contribution in [-0.4, -0.2) is 45.4 Å². The van der Waals surface area contributed by atoms with Crippen molar-refractivity contribution >= 4 is 23.0 Å². The summed E-state index contributed by atoms with van der Waals surface area (Å²) in [5.74, 6) is 6.13. The van der Waals surface area contributed by atoms with Gasteiger partial charge in [-0.1, -0.05) is 23.7 Å². The molecule has 0 aliphatic carbocycles. The van der Waals surface area contributed by atoms with E-state index < -0.39 is 0 Å². The van der Waals surface area contributed by atoms with Crippen molar-refractivity contribution in [1.29, 1.82) is 0 Å². The van der Waals surface area contributed by atoms with Crippen LogP contribution in [0.5, 0.6) is 0 Å². The molecule has 0 amide bonds. The predicted molar refractivity (Wildman–Crippen MR) is 132 cm³/mol. The van der Waals surface area contributed by atoms with Gasteiger partial charge in [-0.15, -0.1) is 0 Å². The summed E-state index contributed by atoms with van der Waals surface area (Å²) in [4.78, 5) is 13.7. The van der Waals surface area contributed by atoms with Gasteiger partial charge in [0.05, 0.1) is 5.69 Å². The zero-order chi connectivity index (χ0) is 23.4. The standard InChI is InChI=1S/C25H32ClFN6/c1-17(3-4-18(2)26)23-13-20(27)6-5-19(23)14-32-10-7-21(8-11-32)33-12-9-22-24(15-33)29-16-30-25(22)31-28/h3-6,13,16,21H,7-12,14-15,28H2,1-2H3,(H,29,30,31)/b17-3+,18-4+. The molecule has 1 aromatic carbocycles. The molecule has 4 rings (SSSR count). The number of nitrogens with one attached hydrogen (secondary N) is 1. The van der Waals surface area contributed by atoms with E-state index in [4.69, 9.17) is 17.4 Å². The van der Waals surface area contributed by atoms with Crippen LogP contribution in [0.1, 0.15) is 49.1 Å². The van der Waals surface area contributed by atoms with Crippen molar-refractivity contribution in [1.82, 2.24) is 19.8 Å². The molecule has 2 aliphatic rings. The molecule has 176 valence electrons. The first-order valence-electron chi connectivity index (χ1n) is 11.5. The Morgan fingerprint density at radius 3 is 2.73 bits per heavy atom. The van der Waals surface area contributed by atoms with E-state index in [1.54, 1.807) is 18.5 Å². The summed E-state index contributed by atoms with van der Waals surface area (Å²) in [5, 5.41) is 0.705. The third-order valence-electron chi connectivity index (χ3n) is 6.70. The minimum absolute atomic E-state index is 0.214. The summed E-state index contributed by atoms with van der Waals surface area (Å²) in [6, 6.07) is 5.64. The first kappa shape index (κ1) is 23.8. The van der Waals surface area contributed by atoms with Crippen molar-refractivity contribution in [2.24, 2.45) is 5.84 Å². The van der Waals surface area contributed by atoms with Crippen LogP contribution in [0.15, 0.2) is 41.7 Å². The van der Waals surface area contributed by atoms with Gasteiger partial charge in [0.15, 0.2) is 0 Å². The molecule has 0 radical (unpaired) electrons. The SMILES string of the molecule is C/C(Cl)=C\C=C(/C)c1cc(F)ccc1CN1CCC(N2CCc3c(ncnc3NN)C2)CC1. The number of nitrogens with zero attached hydrogens (tertiary/aromatic N) is 4. The smallest absolute Gasteiger partial charge is 0.146 e. The first-order valence-corrected chi connectivity index (χ1v) is 11.9. The molecule has 8 heteroatoms. The summed E-state index contributed by atoms with van der Waals surface area (Å²) in [6.45, 7) is 8.55. The lowest BCUT2D eigenvalue weighted by Crippen LogP contribution is -2.46. The van der Waals surface area contributed by atoms with Gasteiger partial charge in [0.1, 0.15) is 18.0 Å². The van der Waals surface area contributed by atoms with Gasteiger partial charge in [-0.3, -0.25) is 9.80 Å². The van der Waals surface area contributed by atoms with E-state index in [2.05, 4.69) is 25.2 Å². The molecule has 0 bridgehead atoms. The second-order valence-corrected chi connectivity index (χ2v) is 9.52. The van der Waals surface area contributed by atoms with E-state index in [0.717, 1.165) is 85.8 Å². The van der Waals surface area contributed by atoms with Gasteiger partial charge in [0, 0.05) is 36.3 Å². The van der Waals surface area contributed by atoms with E-state index in [1.165, 1.54) is 0 Å². The zero-order valence-electron chi connectivity index (χ0n) is 19.3. The Morgan fingerprint density at radius 1 is 1.21 bits per heavy atom. The maximum atomic E-state index is 14.0. The maximum Gasteiger partial charge on any atom is 0.146 e. The fourth-order valence-corrected chi connectivity index (χ4v) is 4.94. The molecule has 33 heavy (non-hydrogen) atoms. The molecule has 0 saturated carbocycles. The zero-order valence-corrected chi connectivity index (χ0v) is 20.1. The summed E-state index contributed by atoms with van der Waals surface area (Å²) in [5.41, 5.74) is 8.02. The Morgan fingerprint density at radius 2 is 2.00 bits per heavy atom. The normalized spacial score (nSPS) is 18.9. The molecule has 3 N–H and O–H groups in total. The van der Waals surface area contributed by atoms with Crippen LogP contribution >= 0.6 is 11.6 Å². The number of hydrazine groups is 1. The molecule has 1 aromatic heterocycles. The topological polar surface area (TPSA) is 70.3 Å². The molecule has 6 nitrogen and oxygen atoms in total. The number of likely N-dealkylation sites (tertiary alicyclic amines) is 1. The van der Waals surface area contributed by atoms with Crippen molar-refractivity contribution < 1.29 is 4.39 Å². The van der Waals surface area contributed by atoms with E-state index >= 15 is 0 Å². The van der Waals surface area contributed by atoms with E-state index in [0.29, 0.717) is 11.1 Å². The number of allylic oxidation sites excluding steroid dienone is 4. The van der Waals surface area contributed by atoms with Crippen molar-refractivity contribution in [3.8, 4) is 0 Å². The number of halogens is 2. The monoisotopic (exact) mass is 470 g/mol. The van der Waals surface area contributed by atoms with Gasteiger partial charge in [-0.05, 0) is 81.1 Å². The van der Waals surface area contributed by atoms with E-state index in [-0.39, 0.29) is 5.82 Å². The number of benzene rings is 1. The molecule has 3 heterocycles. The van der Waals surface area contributed by atoms with Crippen molar-refractivity contribution in [3.63, 3.8) is 0 Å². The molecule has 0 unspecified atom stereocenters. The fraction of sp³-hybridized carbons (Fsp3) is 0.440. The van der Waals surface area contributed by atoms with Gasteiger partial charge >= 0.3 is 0 Å². The summed E-state index contributed by atoms with van der Waals surface area (Å²) < 4.78 is 14.0. The molecule has 2 aliphatic heterocycles. The second kappa shape index (κ2) is 10.7. The Balaban J connectivity index is 1.38. The lowest BCUT2D eigenvalue weighted by molar-refractivity contribution is 0.0936. The lowest BCUT2D eigenvalue weighted by atomic mass is 9.96. The van der Waals surface area contributed by atoms with Crippen LogP contribution in [0, 0.1) is 5.82 Å². The molecular formula is C25H32ClFN6. The third-order valence-corrected chi connectivity index (χ3v) is 6.83. The van der Waals surface area contributed by atoms with Crippen LogP contribution in [0.3, 0.4) is 0 Å². The molecule has 1 fully saturated rings. The lowest BCUT2D eigenvalue weighted by Gasteiger charge is -2.40. The number of rotatable bonds is 6. The second-order valence-electron chi connectivity index (χ2n) is 8.92. The highest BCUT2D eigenvalue weighted by Gasteiger charge is 2.29. The molecule has 1 saturated heterocycles. The Labute approximate surface area is 200 Å². The Hall–Kier alpha value is -2.32. The van der Waals surface area contributed by atoms with Crippen LogP contribution in [0.2, 0.25) is 0 Å². The highest BCUT2D eigenvalue weighted by Crippen LogP contribution is 2.28. The number of hydrogen-bond acceptors (Lipinski definition) is 6. The number of nitrogen functional groups attached to an aromatic ring is 1. The molecule has 0 atom stereocenters. The predicted octanol–water partition coefficient (Wildman–Crippen LogP) is 4.47. The highest BCUT2D eigenvalue weighted by atomic mass is 35.5.